The van der Waals surface area contributed by atoms with E-state index in [1.54, 1.807) is 0 Å². The van der Waals surface area contributed by atoms with E-state index in [1.807, 2.05) is 0 Å². The number of rotatable bonds is 8. The Hall–Kier alpha value is -2.04. The summed E-state index contributed by atoms with van der Waals surface area (Å²) in [5.41, 5.74) is 5.61. The minimum Gasteiger partial charge on any atom is -0.473 e. The van der Waals surface area contributed by atoms with Crippen LogP contribution in [0.5, 0.6) is 5.88 Å². The molecule has 27 heavy (non-hydrogen) atoms. The summed E-state index contributed by atoms with van der Waals surface area (Å²) < 4.78 is 44.6. The van der Waals surface area contributed by atoms with E-state index < -0.39 is 10.0 Å². The topological polar surface area (TPSA) is 115 Å². The predicted octanol–water partition coefficient (Wildman–Crippen LogP) is 0.809. The average Bonchev–Trinajstić information content (AvgIpc) is 2.68. The number of nitrogens with zero attached hydrogens (tertiary/aromatic N) is 2. The number of hydrogen-bond donors (Lipinski definition) is 2. The van der Waals surface area contributed by atoms with Gasteiger partial charge in [0.15, 0.2) is 0 Å². The van der Waals surface area contributed by atoms with Gasteiger partial charge in [0.2, 0.25) is 21.8 Å². The normalized spacial score (nSPS) is 16.9. The molecule has 0 aliphatic carbocycles. The molecule has 8 nitrogen and oxygen atoms in total. The maximum Gasteiger partial charge on any atom is 0.244 e. The van der Waals surface area contributed by atoms with Crippen molar-refractivity contribution in [2.24, 2.45) is 11.7 Å². The molecule has 3 N–H and O–H groups in total. The van der Waals surface area contributed by atoms with Gasteiger partial charge in [0, 0.05) is 44.7 Å². The maximum absolute atomic E-state index is 12.7. The zero-order chi connectivity index (χ0) is 19.9. The molecule has 0 atom stereocenters. The van der Waals surface area contributed by atoms with E-state index in [1.165, 1.54) is 29.6 Å². The Kier molecular flexibility index (Phi) is 7.69. The molecule has 2 heterocycles. The van der Waals surface area contributed by atoms with Gasteiger partial charge in [-0.05, 0) is 24.8 Å². The Morgan fingerprint density at radius 2 is 2.15 bits per heavy atom. The number of nitrogens with one attached hydrogen (secondary N) is 1. The summed E-state index contributed by atoms with van der Waals surface area (Å²) >= 11 is 0. The second-order valence-corrected chi connectivity index (χ2v) is 8.31. The number of halogens is 1. The predicted molar refractivity (Wildman–Crippen MR) is 98.1 cm³/mol. The van der Waals surface area contributed by atoms with E-state index in [-0.39, 0.29) is 41.3 Å². The first kappa shape index (κ1) is 21.3. The number of amides is 1. The molecule has 1 aliphatic rings. The molecule has 0 bridgehead atoms. The van der Waals surface area contributed by atoms with E-state index in [4.69, 9.17) is 10.5 Å². The molecule has 0 aromatic carbocycles. The van der Waals surface area contributed by atoms with Crippen molar-refractivity contribution in [1.29, 1.82) is 0 Å². The molecule has 0 radical (unpaired) electrons. The minimum atomic E-state index is -3.64. The standard InChI is InChI=1S/C17H25FN4O4S/c1-13(23)20-10-14-4-6-22(7-5-14)27(24,25)16-2-3-17(21-11-16)26-12-15(8-18)9-19/h2-3,8,11,14H,4-7,9-10,12,19H2,1H3,(H,20,23)/b15-8-. The molecule has 10 heteroatoms. The molecule has 1 aromatic heterocycles. The lowest BCUT2D eigenvalue weighted by Crippen LogP contribution is -2.41. The summed E-state index contributed by atoms with van der Waals surface area (Å²) in [6, 6.07) is 2.85. The quantitative estimate of drug-likeness (QED) is 0.667. The van der Waals surface area contributed by atoms with Gasteiger partial charge in [-0.25, -0.2) is 17.8 Å². The van der Waals surface area contributed by atoms with Crippen LogP contribution < -0.4 is 15.8 Å². The Morgan fingerprint density at radius 3 is 2.67 bits per heavy atom. The van der Waals surface area contributed by atoms with Gasteiger partial charge in [0.25, 0.3) is 0 Å². The van der Waals surface area contributed by atoms with Crippen LogP contribution in [0.2, 0.25) is 0 Å². The van der Waals surface area contributed by atoms with Crippen LogP contribution in [0.1, 0.15) is 19.8 Å². The van der Waals surface area contributed by atoms with Gasteiger partial charge >= 0.3 is 0 Å². The van der Waals surface area contributed by atoms with Crippen molar-refractivity contribution < 1.29 is 22.3 Å². The highest BCUT2D eigenvalue weighted by molar-refractivity contribution is 7.89. The fourth-order valence-corrected chi connectivity index (χ4v) is 4.11. The molecule has 1 saturated heterocycles. The third-order valence-corrected chi connectivity index (χ3v) is 6.26. The number of ether oxygens (including phenoxy) is 1. The molecule has 0 spiro atoms. The van der Waals surface area contributed by atoms with Crippen molar-refractivity contribution in [2.75, 3.05) is 32.8 Å². The number of aromatic nitrogens is 1. The molecule has 1 amide bonds. The van der Waals surface area contributed by atoms with Gasteiger partial charge in [-0.15, -0.1) is 0 Å². The molecule has 1 aromatic rings. The molecule has 0 saturated carbocycles. The summed E-state index contributed by atoms with van der Waals surface area (Å²) in [6.45, 7) is 2.80. The lowest BCUT2D eigenvalue weighted by molar-refractivity contribution is -0.119. The fraction of sp³-hybridized carbons (Fsp3) is 0.529. The monoisotopic (exact) mass is 400 g/mol. The molecule has 2 rings (SSSR count). The number of carbonyl (C=O) groups is 1. The molecule has 1 fully saturated rings. The third kappa shape index (κ3) is 5.98. The number of nitrogens with two attached hydrogens (primary N) is 1. The van der Waals surface area contributed by atoms with Crippen LogP contribution in [0.3, 0.4) is 0 Å². The van der Waals surface area contributed by atoms with E-state index in [0.29, 0.717) is 38.8 Å². The first-order valence-corrected chi connectivity index (χ1v) is 10.1. The SMILES string of the molecule is CC(=O)NCC1CCN(S(=O)(=O)c2ccc(OC/C(=C\F)CN)nc2)CC1. The van der Waals surface area contributed by atoms with Crippen molar-refractivity contribution in [3.63, 3.8) is 0 Å². The lowest BCUT2D eigenvalue weighted by Gasteiger charge is -2.31. The number of piperidine rings is 1. The molecule has 0 unspecified atom stereocenters. The van der Waals surface area contributed by atoms with Gasteiger partial charge in [-0.1, -0.05) is 0 Å². The minimum absolute atomic E-state index is 0.0286. The van der Waals surface area contributed by atoms with Gasteiger partial charge in [-0.2, -0.15) is 4.31 Å². The summed E-state index contributed by atoms with van der Waals surface area (Å²) in [4.78, 5) is 15.0. The van der Waals surface area contributed by atoms with Crippen molar-refractivity contribution in [3.8, 4) is 5.88 Å². The summed E-state index contributed by atoms with van der Waals surface area (Å²) in [5, 5.41) is 2.77. The Balaban J connectivity index is 1.94. The number of hydrogen-bond acceptors (Lipinski definition) is 6. The molecular weight excluding hydrogens is 375 g/mol. The molecular formula is C17H25FN4O4S. The van der Waals surface area contributed by atoms with E-state index >= 15 is 0 Å². The van der Waals surface area contributed by atoms with Crippen LogP contribution in [0, 0.1) is 5.92 Å². The summed E-state index contributed by atoms with van der Waals surface area (Å²) in [7, 11) is -3.64. The lowest BCUT2D eigenvalue weighted by atomic mass is 9.98. The first-order valence-electron chi connectivity index (χ1n) is 8.68. The fourth-order valence-electron chi connectivity index (χ4n) is 2.70. The third-order valence-electron chi connectivity index (χ3n) is 4.38. The van der Waals surface area contributed by atoms with E-state index in [0.717, 1.165) is 0 Å². The van der Waals surface area contributed by atoms with Gasteiger partial charge < -0.3 is 15.8 Å². The van der Waals surface area contributed by atoms with Crippen LogP contribution in [-0.2, 0) is 14.8 Å². The smallest absolute Gasteiger partial charge is 0.244 e. The highest BCUT2D eigenvalue weighted by atomic mass is 32.2. The second-order valence-electron chi connectivity index (χ2n) is 6.38. The van der Waals surface area contributed by atoms with Crippen molar-refractivity contribution >= 4 is 15.9 Å². The zero-order valence-electron chi connectivity index (χ0n) is 15.2. The number of carbonyl (C=O) groups excluding carboxylic acids is 1. The van der Waals surface area contributed by atoms with Gasteiger partial charge in [-0.3, -0.25) is 4.79 Å². The van der Waals surface area contributed by atoms with Crippen LogP contribution >= 0.6 is 0 Å². The van der Waals surface area contributed by atoms with Gasteiger partial charge in [0.1, 0.15) is 11.5 Å². The number of sulfonamides is 1. The van der Waals surface area contributed by atoms with Crippen molar-refractivity contribution in [2.45, 2.75) is 24.7 Å². The van der Waals surface area contributed by atoms with Gasteiger partial charge in [0.05, 0.1) is 12.5 Å². The highest BCUT2D eigenvalue weighted by Gasteiger charge is 2.29. The van der Waals surface area contributed by atoms with E-state index in [9.17, 15) is 17.6 Å². The zero-order valence-corrected chi connectivity index (χ0v) is 16.0. The van der Waals surface area contributed by atoms with E-state index in [2.05, 4.69) is 10.3 Å². The largest absolute Gasteiger partial charge is 0.473 e. The highest BCUT2D eigenvalue weighted by Crippen LogP contribution is 2.24. The number of pyridine rings is 1. The first-order chi connectivity index (χ1) is 12.9. The summed E-state index contributed by atoms with van der Waals surface area (Å²) in [5.74, 6) is 0.379. The van der Waals surface area contributed by atoms with Crippen molar-refractivity contribution in [1.82, 2.24) is 14.6 Å². The Bertz CT molecular complexity index is 760. The van der Waals surface area contributed by atoms with Crippen LogP contribution in [-0.4, -0.2) is 56.4 Å². The van der Waals surface area contributed by atoms with Crippen LogP contribution in [0.4, 0.5) is 4.39 Å². The molecule has 1 aliphatic heterocycles. The van der Waals surface area contributed by atoms with Crippen LogP contribution in [0.15, 0.2) is 35.1 Å². The maximum atomic E-state index is 12.7. The summed E-state index contributed by atoms with van der Waals surface area (Å²) in [6.07, 6.45) is 2.99. The average molecular weight is 400 g/mol. The Labute approximate surface area is 158 Å². The molecule has 150 valence electrons. The second kappa shape index (κ2) is 9.77. The van der Waals surface area contributed by atoms with Crippen molar-refractivity contribution in [3.05, 3.63) is 30.2 Å². The Morgan fingerprint density at radius 1 is 1.44 bits per heavy atom. The van der Waals surface area contributed by atoms with Crippen LogP contribution in [0.25, 0.3) is 0 Å².